The molecule has 0 radical (unpaired) electrons. The molecule has 0 bridgehead atoms. The van der Waals surface area contributed by atoms with Crippen molar-refractivity contribution in [1.29, 1.82) is 0 Å². The van der Waals surface area contributed by atoms with Crippen molar-refractivity contribution in [3.05, 3.63) is 52.1 Å². The lowest BCUT2D eigenvalue weighted by atomic mass is 10.1. The van der Waals surface area contributed by atoms with Crippen molar-refractivity contribution in [3.63, 3.8) is 0 Å². The molecular formula is C15H10BrF6NO2. The maximum absolute atomic E-state index is 12.7. The van der Waals surface area contributed by atoms with Gasteiger partial charge in [-0.1, -0.05) is 0 Å². The fourth-order valence-electron chi connectivity index (χ4n) is 1.76. The Kier molecular flexibility index (Phi) is 5.81. The molecule has 0 atom stereocenters. The molecule has 136 valence electrons. The minimum Gasteiger partial charge on any atom is -0.490 e. The summed E-state index contributed by atoms with van der Waals surface area (Å²) >= 11 is 3.18. The molecule has 10 heteroatoms. The molecule has 0 aliphatic heterocycles. The van der Waals surface area contributed by atoms with E-state index in [2.05, 4.69) is 20.9 Å². The maximum Gasteiger partial charge on any atom is 0.416 e. The van der Waals surface area contributed by atoms with Crippen molar-refractivity contribution in [2.24, 2.45) is 0 Å². The minimum atomic E-state index is -4.92. The summed E-state index contributed by atoms with van der Waals surface area (Å²) in [5, 5.41) is 0. The Morgan fingerprint density at radius 3 is 1.88 bits per heavy atom. The quantitative estimate of drug-likeness (QED) is 0.474. The minimum absolute atomic E-state index is 0.0368. The fourth-order valence-corrected chi connectivity index (χ4v) is 2.00. The third-order valence-corrected chi connectivity index (χ3v) is 3.33. The molecule has 0 saturated heterocycles. The average molecular weight is 430 g/mol. The van der Waals surface area contributed by atoms with Gasteiger partial charge in [0.25, 0.3) is 0 Å². The third-order valence-electron chi connectivity index (χ3n) is 2.86. The summed E-state index contributed by atoms with van der Waals surface area (Å²) in [6, 6.07) is 4.25. The Bertz CT molecular complexity index is 683. The summed E-state index contributed by atoms with van der Waals surface area (Å²) in [7, 11) is 0. The molecule has 0 unspecified atom stereocenters. The van der Waals surface area contributed by atoms with E-state index in [0.29, 0.717) is 12.1 Å². The van der Waals surface area contributed by atoms with E-state index in [-0.39, 0.29) is 25.2 Å². The SMILES string of the molecule is FC(F)(F)c1cc(OCCOc2ccc(Br)cn2)cc(C(F)(F)F)c1. The van der Waals surface area contributed by atoms with Gasteiger partial charge in [-0.2, -0.15) is 26.3 Å². The molecule has 2 rings (SSSR count). The maximum atomic E-state index is 12.7. The number of halogens is 7. The summed E-state index contributed by atoms with van der Waals surface area (Å²) < 4.78 is 87.2. The molecule has 0 aliphatic rings. The van der Waals surface area contributed by atoms with Crippen LogP contribution < -0.4 is 9.47 Å². The van der Waals surface area contributed by atoms with Crippen LogP contribution in [0.4, 0.5) is 26.3 Å². The van der Waals surface area contributed by atoms with Crippen molar-refractivity contribution < 1.29 is 35.8 Å². The van der Waals surface area contributed by atoms with E-state index < -0.39 is 29.2 Å². The topological polar surface area (TPSA) is 31.4 Å². The monoisotopic (exact) mass is 429 g/mol. The van der Waals surface area contributed by atoms with Crippen molar-refractivity contribution in [1.82, 2.24) is 4.98 Å². The first-order valence-electron chi connectivity index (χ1n) is 6.72. The fraction of sp³-hybridized carbons (Fsp3) is 0.267. The number of hydrogen-bond donors (Lipinski definition) is 0. The van der Waals surface area contributed by atoms with Crippen molar-refractivity contribution in [2.45, 2.75) is 12.4 Å². The van der Waals surface area contributed by atoms with E-state index in [0.717, 1.165) is 4.47 Å². The normalized spacial score (nSPS) is 12.1. The zero-order chi connectivity index (χ0) is 18.7. The van der Waals surface area contributed by atoms with E-state index >= 15 is 0 Å². The number of nitrogens with zero attached hydrogens (tertiary/aromatic N) is 1. The molecule has 1 aromatic carbocycles. The van der Waals surface area contributed by atoms with E-state index in [9.17, 15) is 26.3 Å². The van der Waals surface area contributed by atoms with Gasteiger partial charge in [-0.05, 0) is 40.2 Å². The van der Waals surface area contributed by atoms with Crippen LogP contribution in [0.1, 0.15) is 11.1 Å². The number of pyridine rings is 1. The summed E-state index contributed by atoms with van der Waals surface area (Å²) in [6.07, 6.45) is -8.37. The van der Waals surface area contributed by atoms with Crippen LogP contribution in [0, 0.1) is 0 Å². The first-order valence-corrected chi connectivity index (χ1v) is 7.51. The average Bonchev–Trinajstić information content (AvgIpc) is 2.51. The Balaban J connectivity index is 2.04. The third kappa shape index (κ3) is 5.80. The van der Waals surface area contributed by atoms with Crippen LogP contribution in [0.3, 0.4) is 0 Å². The van der Waals surface area contributed by atoms with Crippen LogP contribution in [-0.4, -0.2) is 18.2 Å². The van der Waals surface area contributed by atoms with Gasteiger partial charge in [-0.3, -0.25) is 0 Å². The van der Waals surface area contributed by atoms with E-state index in [4.69, 9.17) is 9.47 Å². The molecule has 1 aromatic heterocycles. The molecule has 2 aromatic rings. The Morgan fingerprint density at radius 2 is 1.40 bits per heavy atom. The summed E-state index contributed by atoms with van der Waals surface area (Å²) in [5.41, 5.74) is -2.87. The molecule has 0 aliphatic carbocycles. The van der Waals surface area contributed by atoms with Gasteiger partial charge in [0.05, 0.1) is 11.1 Å². The molecule has 3 nitrogen and oxygen atoms in total. The molecule has 0 fully saturated rings. The van der Waals surface area contributed by atoms with Crippen molar-refractivity contribution >= 4 is 15.9 Å². The predicted molar refractivity (Wildman–Crippen MR) is 79.4 cm³/mol. The number of hydrogen-bond acceptors (Lipinski definition) is 3. The van der Waals surface area contributed by atoms with Crippen LogP contribution in [0.2, 0.25) is 0 Å². The highest BCUT2D eigenvalue weighted by Crippen LogP contribution is 2.38. The van der Waals surface area contributed by atoms with E-state index in [1.165, 1.54) is 12.3 Å². The van der Waals surface area contributed by atoms with Crippen molar-refractivity contribution in [3.8, 4) is 11.6 Å². The zero-order valence-corrected chi connectivity index (χ0v) is 13.9. The first kappa shape index (κ1) is 19.4. The smallest absolute Gasteiger partial charge is 0.416 e. The van der Waals surface area contributed by atoms with Gasteiger partial charge in [-0.15, -0.1) is 0 Å². The van der Waals surface area contributed by atoms with Gasteiger partial charge in [0.2, 0.25) is 5.88 Å². The lowest BCUT2D eigenvalue weighted by molar-refractivity contribution is -0.143. The summed E-state index contributed by atoms with van der Waals surface area (Å²) in [6.45, 7) is -0.359. The highest BCUT2D eigenvalue weighted by Gasteiger charge is 2.37. The number of benzene rings is 1. The highest BCUT2D eigenvalue weighted by atomic mass is 79.9. The van der Waals surface area contributed by atoms with Crippen LogP contribution in [0.15, 0.2) is 41.0 Å². The zero-order valence-electron chi connectivity index (χ0n) is 12.3. The summed E-state index contributed by atoms with van der Waals surface area (Å²) in [4.78, 5) is 3.89. The van der Waals surface area contributed by atoms with Gasteiger partial charge in [0.15, 0.2) is 0 Å². The second kappa shape index (κ2) is 7.51. The van der Waals surface area contributed by atoms with Gasteiger partial charge in [0.1, 0.15) is 19.0 Å². The molecule has 0 N–H and O–H groups in total. The van der Waals surface area contributed by atoms with E-state index in [1.807, 2.05) is 0 Å². The van der Waals surface area contributed by atoms with Crippen LogP contribution in [0.25, 0.3) is 0 Å². The second-order valence-corrected chi connectivity index (χ2v) is 5.67. The number of ether oxygens (including phenoxy) is 2. The van der Waals surface area contributed by atoms with E-state index in [1.54, 1.807) is 6.07 Å². The van der Waals surface area contributed by atoms with Crippen LogP contribution >= 0.6 is 15.9 Å². The van der Waals surface area contributed by atoms with Gasteiger partial charge >= 0.3 is 12.4 Å². The molecule has 1 heterocycles. The Morgan fingerprint density at radius 1 is 0.840 bits per heavy atom. The lowest BCUT2D eigenvalue weighted by Crippen LogP contribution is -2.13. The molecule has 0 amide bonds. The predicted octanol–water partition coefficient (Wildman–Crippen LogP) is 5.34. The first-order chi connectivity index (χ1) is 11.6. The second-order valence-electron chi connectivity index (χ2n) is 4.75. The Labute approximate surface area is 146 Å². The largest absolute Gasteiger partial charge is 0.490 e. The van der Waals surface area contributed by atoms with Crippen LogP contribution in [-0.2, 0) is 12.4 Å². The van der Waals surface area contributed by atoms with Gasteiger partial charge in [-0.25, -0.2) is 4.98 Å². The molecular weight excluding hydrogens is 420 g/mol. The van der Waals surface area contributed by atoms with Crippen molar-refractivity contribution in [2.75, 3.05) is 13.2 Å². The molecule has 25 heavy (non-hydrogen) atoms. The Hall–Kier alpha value is -1.97. The van der Waals surface area contributed by atoms with Gasteiger partial charge < -0.3 is 9.47 Å². The standard InChI is InChI=1S/C15H10BrF6NO2/c16-11-1-2-13(23-8-11)25-4-3-24-12-6-9(14(17,18)19)5-10(7-12)15(20,21)22/h1-2,5-8H,3-4H2. The number of aromatic nitrogens is 1. The van der Waals surface area contributed by atoms with Crippen LogP contribution in [0.5, 0.6) is 11.6 Å². The lowest BCUT2D eigenvalue weighted by Gasteiger charge is -2.15. The number of alkyl halides is 6. The van der Waals surface area contributed by atoms with Gasteiger partial charge in [0, 0.05) is 16.7 Å². The summed E-state index contributed by atoms with van der Waals surface area (Å²) in [5.74, 6) is -0.304. The number of rotatable bonds is 5. The molecule has 0 saturated carbocycles. The molecule has 0 spiro atoms. The highest BCUT2D eigenvalue weighted by molar-refractivity contribution is 9.10.